The van der Waals surface area contributed by atoms with Crippen LogP contribution in [-0.4, -0.2) is 5.54 Å². The summed E-state index contributed by atoms with van der Waals surface area (Å²) in [5.41, 5.74) is 6.06. The summed E-state index contributed by atoms with van der Waals surface area (Å²) in [4.78, 5) is 0. The Labute approximate surface area is 73.2 Å². The fourth-order valence-corrected chi connectivity index (χ4v) is 2.41. The zero-order valence-corrected chi connectivity index (χ0v) is 7.28. The van der Waals surface area contributed by atoms with Gasteiger partial charge in [-0.25, -0.2) is 0 Å². The first-order valence-electron chi connectivity index (χ1n) is 3.88. The Morgan fingerprint density at radius 3 is 1.91 bits per heavy atom. The minimum atomic E-state index is -0.00521. The highest BCUT2D eigenvalue weighted by Crippen LogP contribution is 2.54. The number of nitrogens with zero attached hydrogens (tertiary/aromatic N) is 1. The van der Waals surface area contributed by atoms with Crippen molar-refractivity contribution in [1.29, 1.82) is 5.26 Å². The van der Waals surface area contributed by atoms with E-state index in [1.165, 1.54) is 0 Å². The summed E-state index contributed by atoms with van der Waals surface area (Å²) >= 11 is 0. The third-order valence-corrected chi connectivity index (χ3v) is 3.13. The fraction of sp³-hybridized carbons (Fsp3) is 0.875. The predicted molar refractivity (Wildman–Crippen MR) is 45.3 cm³/mol. The first kappa shape index (κ1) is 8.83. The summed E-state index contributed by atoms with van der Waals surface area (Å²) in [5, 5.41) is 8.85. The molecule has 0 spiro atoms. The molecule has 0 aromatic carbocycles. The molecule has 11 heavy (non-hydrogen) atoms. The molecule has 2 bridgehead atoms. The molecular weight excluding hydrogens is 160 g/mol. The molecule has 0 saturated heterocycles. The molecule has 3 heteroatoms. The normalized spacial score (nSPS) is 46.5. The average Bonchev–Trinajstić information content (AvgIpc) is 2.42. The van der Waals surface area contributed by atoms with Crippen molar-refractivity contribution in [2.24, 2.45) is 11.1 Å². The van der Waals surface area contributed by atoms with Gasteiger partial charge >= 0.3 is 0 Å². The second kappa shape index (κ2) is 2.36. The van der Waals surface area contributed by atoms with Crippen LogP contribution in [0, 0.1) is 16.7 Å². The number of nitrogens with two attached hydrogens (primary N) is 1. The Balaban J connectivity index is 0.000000605. The van der Waals surface area contributed by atoms with Gasteiger partial charge < -0.3 is 5.73 Å². The van der Waals surface area contributed by atoms with Crippen molar-refractivity contribution in [3.8, 4) is 6.07 Å². The van der Waals surface area contributed by atoms with Gasteiger partial charge in [-0.1, -0.05) is 0 Å². The molecule has 2 nitrogen and oxygen atoms in total. The summed E-state index contributed by atoms with van der Waals surface area (Å²) in [6.45, 7) is 0. The van der Waals surface area contributed by atoms with Crippen LogP contribution in [0.15, 0.2) is 0 Å². The van der Waals surface area contributed by atoms with Crippen molar-refractivity contribution < 1.29 is 0 Å². The molecule has 2 rings (SSSR count). The van der Waals surface area contributed by atoms with Crippen molar-refractivity contribution in [2.45, 2.75) is 37.6 Å². The lowest BCUT2D eigenvalue weighted by Crippen LogP contribution is -2.33. The highest BCUT2D eigenvalue weighted by Gasteiger charge is 2.52. The lowest BCUT2D eigenvalue weighted by Gasteiger charge is -2.20. The lowest BCUT2D eigenvalue weighted by atomic mass is 9.86. The van der Waals surface area contributed by atoms with Crippen molar-refractivity contribution >= 4 is 12.4 Å². The Morgan fingerprint density at radius 1 is 1.18 bits per heavy atom. The molecule has 2 aliphatic rings. The maximum absolute atomic E-state index is 8.85. The largest absolute Gasteiger partial charge is 0.325 e. The van der Waals surface area contributed by atoms with Gasteiger partial charge in [-0.2, -0.15) is 5.26 Å². The van der Waals surface area contributed by atoms with E-state index in [1.807, 2.05) is 0 Å². The monoisotopic (exact) mass is 172 g/mol. The Morgan fingerprint density at radius 2 is 1.73 bits per heavy atom. The molecule has 0 aromatic rings. The SMILES string of the molecule is Cl.N#CC12CCC(N)(CC1)C2. The summed E-state index contributed by atoms with van der Waals surface area (Å²) < 4.78 is 0. The number of hydrogen-bond donors (Lipinski definition) is 1. The smallest absolute Gasteiger partial charge is 0.0690 e. The third kappa shape index (κ3) is 1.13. The molecular formula is C8H13ClN2. The number of nitriles is 1. The molecule has 0 atom stereocenters. The van der Waals surface area contributed by atoms with Gasteiger partial charge in [0, 0.05) is 5.54 Å². The number of halogens is 1. The van der Waals surface area contributed by atoms with Crippen LogP contribution < -0.4 is 5.73 Å². The molecule has 2 N–H and O–H groups in total. The molecule has 2 saturated carbocycles. The van der Waals surface area contributed by atoms with E-state index in [-0.39, 0.29) is 23.4 Å². The van der Waals surface area contributed by atoms with Gasteiger partial charge in [-0.05, 0) is 32.1 Å². The first-order valence-corrected chi connectivity index (χ1v) is 3.88. The summed E-state index contributed by atoms with van der Waals surface area (Å²) in [6.07, 6.45) is 5.18. The number of fused-ring (bicyclic) bond motifs is 2. The highest BCUT2D eigenvalue weighted by molar-refractivity contribution is 5.85. The highest BCUT2D eigenvalue weighted by atomic mass is 35.5. The van der Waals surface area contributed by atoms with Crippen LogP contribution in [0.1, 0.15) is 32.1 Å². The summed E-state index contributed by atoms with van der Waals surface area (Å²) in [7, 11) is 0. The van der Waals surface area contributed by atoms with Crippen molar-refractivity contribution in [3.63, 3.8) is 0 Å². The Hall–Kier alpha value is -0.260. The molecule has 2 fully saturated rings. The van der Waals surface area contributed by atoms with E-state index in [1.54, 1.807) is 0 Å². The zero-order chi connectivity index (χ0) is 7.24. The van der Waals surface area contributed by atoms with Crippen LogP contribution in [0.25, 0.3) is 0 Å². The summed E-state index contributed by atoms with van der Waals surface area (Å²) in [6, 6.07) is 2.41. The lowest BCUT2D eigenvalue weighted by molar-refractivity contribution is 0.379. The Kier molecular flexibility index (Phi) is 1.90. The van der Waals surface area contributed by atoms with Crippen LogP contribution in [0.5, 0.6) is 0 Å². The predicted octanol–water partition coefficient (Wildman–Crippen LogP) is 1.59. The van der Waals surface area contributed by atoms with Crippen molar-refractivity contribution in [2.75, 3.05) is 0 Å². The molecule has 62 valence electrons. The van der Waals surface area contributed by atoms with E-state index in [0.717, 1.165) is 32.1 Å². The maximum Gasteiger partial charge on any atom is 0.0690 e. The van der Waals surface area contributed by atoms with Crippen LogP contribution in [0.3, 0.4) is 0 Å². The van der Waals surface area contributed by atoms with E-state index >= 15 is 0 Å². The molecule has 0 unspecified atom stereocenters. The number of rotatable bonds is 0. The van der Waals surface area contributed by atoms with Gasteiger partial charge in [0.2, 0.25) is 0 Å². The minimum Gasteiger partial charge on any atom is -0.325 e. The summed E-state index contributed by atoms with van der Waals surface area (Å²) in [5.74, 6) is 0. The van der Waals surface area contributed by atoms with Crippen LogP contribution in [0.2, 0.25) is 0 Å². The van der Waals surface area contributed by atoms with E-state index in [2.05, 4.69) is 6.07 Å². The molecule has 0 radical (unpaired) electrons. The van der Waals surface area contributed by atoms with Crippen molar-refractivity contribution in [3.05, 3.63) is 0 Å². The second-order valence-corrected chi connectivity index (χ2v) is 3.93. The van der Waals surface area contributed by atoms with E-state index < -0.39 is 0 Å². The van der Waals surface area contributed by atoms with Gasteiger partial charge in [0.25, 0.3) is 0 Å². The quantitative estimate of drug-likeness (QED) is 0.604. The minimum absolute atomic E-state index is 0. The van der Waals surface area contributed by atoms with Gasteiger partial charge in [0.15, 0.2) is 0 Å². The zero-order valence-electron chi connectivity index (χ0n) is 6.47. The van der Waals surface area contributed by atoms with Gasteiger partial charge in [-0.3, -0.25) is 0 Å². The van der Waals surface area contributed by atoms with Gasteiger partial charge in [0.05, 0.1) is 11.5 Å². The van der Waals surface area contributed by atoms with Crippen LogP contribution in [0.4, 0.5) is 0 Å². The van der Waals surface area contributed by atoms with Crippen LogP contribution in [-0.2, 0) is 0 Å². The van der Waals surface area contributed by atoms with Crippen LogP contribution >= 0.6 is 12.4 Å². The van der Waals surface area contributed by atoms with Gasteiger partial charge in [0.1, 0.15) is 0 Å². The maximum atomic E-state index is 8.85. The second-order valence-electron chi connectivity index (χ2n) is 3.93. The molecule has 0 heterocycles. The fourth-order valence-electron chi connectivity index (χ4n) is 2.41. The molecule has 2 aliphatic carbocycles. The molecule has 0 aliphatic heterocycles. The van der Waals surface area contributed by atoms with E-state index in [0.29, 0.717) is 0 Å². The third-order valence-electron chi connectivity index (χ3n) is 3.13. The van der Waals surface area contributed by atoms with E-state index in [9.17, 15) is 0 Å². The topological polar surface area (TPSA) is 49.8 Å². The van der Waals surface area contributed by atoms with Gasteiger partial charge in [-0.15, -0.1) is 12.4 Å². The van der Waals surface area contributed by atoms with E-state index in [4.69, 9.17) is 11.0 Å². The first-order chi connectivity index (χ1) is 4.68. The van der Waals surface area contributed by atoms with Crippen molar-refractivity contribution in [1.82, 2.24) is 0 Å². The average molecular weight is 173 g/mol. The Bertz CT molecular complexity index is 199. The molecule has 0 aromatic heterocycles. The molecule has 0 amide bonds. The number of hydrogen-bond acceptors (Lipinski definition) is 2. The standard InChI is InChI=1S/C8H12N2.ClH/c9-6-7-1-3-8(10,5-7)4-2-7;/h1-5,10H2;1H.